The normalized spacial score (nSPS) is 20.5. The molecule has 1 saturated heterocycles. The Morgan fingerprint density at radius 3 is 2.77 bits per heavy atom. The van der Waals surface area contributed by atoms with Gasteiger partial charge in [-0.25, -0.2) is 13.4 Å². The molecule has 1 unspecified atom stereocenters. The first kappa shape index (κ1) is 17.3. The average Bonchev–Trinajstić information content (AvgIpc) is 2.98. The number of thioether (sulfide) groups is 1. The molecule has 0 spiro atoms. The van der Waals surface area contributed by atoms with Gasteiger partial charge < -0.3 is 9.47 Å². The quantitative estimate of drug-likeness (QED) is 0.724. The zero-order chi connectivity index (χ0) is 16.3. The van der Waals surface area contributed by atoms with Gasteiger partial charge in [-0.05, 0) is 12.3 Å². The number of carbonyl (C=O) groups excluding carboxylic acids is 1. The first-order chi connectivity index (χ1) is 10.3. The van der Waals surface area contributed by atoms with E-state index >= 15 is 0 Å². The lowest BCUT2D eigenvalue weighted by Crippen LogP contribution is -2.44. The predicted molar refractivity (Wildman–Crippen MR) is 87.5 cm³/mol. The van der Waals surface area contributed by atoms with Crippen LogP contribution in [-0.4, -0.2) is 58.6 Å². The summed E-state index contributed by atoms with van der Waals surface area (Å²) in [7, 11) is -1.11. The highest BCUT2D eigenvalue weighted by molar-refractivity contribution is 7.99. The van der Waals surface area contributed by atoms with Gasteiger partial charge >= 0.3 is 0 Å². The van der Waals surface area contributed by atoms with Crippen molar-refractivity contribution in [3.05, 3.63) is 12.4 Å². The van der Waals surface area contributed by atoms with E-state index in [1.54, 1.807) is 11.1 Å². The molecule has 6 nitrogen and oxygen atoms in total. The number of aryl methyl sites for hydroxylation is 1. The second-order valence-corrected chi connectivity index (χ2v) is 9.28. The van der Waals surface area contributed by atoms with Crippen molar-refractivity contribution in [2.75, 3.05) is 23.8 Å². The summed E-state index contributed by atoms with van der Waals surface area (Å²) in [5.74, 6) is 0.868. The fourth-order valence-electron chi connectivity index (χ4n) is 2.57. The van der Waals surface area contributed by atoms with Gasteiger partial charge in [-0.1, -0.05) is 25.6 Å². The van der Waals surface area contributed by atoms with Crippen molar-refractivity contribution in [3.63, 3.8) is 0 Å². The number of hydrogen-bond acceptors (Lipinski definition) is 5. The van der Waals surface area contributed by atoms with E-state index in [1.165, 1.54) is 11.8 Å². The van der Waals surface area contributed by atoms with E-state index in [4.69, 9.17) is 0 Å². The summed E-state index contributed by atoms with van der Waals surface area (Å²) in [6.45, 7) is 4.67. The Morgan fingerprint density at radius 2 is 2.27 bits per heavy atom. The lowest BCUT2D eigenvalue weighted by Gasteiger charge is -2.29. The topological polar surface area (TPSA) is 72.3 Å². The van der Waals surface area contributed by atoms with Crippen LogP contribution in [0.4, 0.5) is 0 Å². The van der Waals surface area contributed by atoms with Gasteiger partial charge in [0.1, 0.15) is 0 Å². The van der Waals surface area contributed by atoms with Gasteiger partial charge in [-0.2, -0.15) is 0 Å². The number of rotatable bonds is 6. The fraction of sp³-hybridized carbons (Fsp3) is 0.714. The third kappa shape index (κ3) is 4.49. The predicted octanol–water partition coefficient (Wildman–Crippen LogP) is 1.18. The number of nitrogens with zero attached hydrogens (tertiary/aromatic N) is 3. The van der Waals surface area contributed by atoms with Crippen molar-refractivity contribution in [2.45, 2.75) is 31.5 Å². The number of carbonyl (C=O) groups is 1. The number of amides is 1. The summed E-state index contributed by atoms with van der Waals surface area (Å²) < 4.78 is 25.2. The monoisotopic (exact) mass is 345 g/mol. The van der Waals surface area contributed by atoms with Crippen LogP contribution in [0.2, 0.25) is 0 Å². The summed E-state index contributed by atoms with van der Waals surface area (Å²) in [5.41, 5.74) is 0. The number of aromatic nitrogens is 2. The standard InChI is InChI=1S/C14H23N3O3S2/c1-11(2)8-17(12-4-7-22(19,20)10-12)13(18)9-21-14-15-5-6-16(14)3/h5-6,11-12H,4,7-10H2,1-3H3. The third-order valence-electron chi connectivity index (χ3n) is 3.63. The van der Waals surface area contributed by atoms with Crippen LogP contribution in [-0.2, 0) is 21.7 Å². The highest BCUT2D eigenvalue weighted by atomic mass is 32.2. The Hall–Kier alpha value is -1.02. The number of imidazole rings is 1. The van der Waals surface area contributed by atoms with Crippen LogP contribution in [0.25, 0.3) is 0 Å². The molecule has 1 aliphatic heterocycles. The summed E-state index contributed by atoms with van der Waals surface area (Å²) in [5, 5.41) is 0.789. The molecule has 1 atom stereocenters. The van der Waals surface area contributed by atoms with Gasteiger partial charge in [0.2, 0.25) is 5.91 Å². The highest BCUT2D eigenvalue weighted by Gasteiger charge is 2.34. The van der Waals surface area contributed by atoms with Gasteiger partial charge in [0.15, 0.2) is 15.0 Å². The minimum absolute atomic E-state index is 0.0104. The van der Waals surface area contributed by atoms with E-state index in [2.05, 4.69) is 4.98 Å². The smallest absolute Gasteiger partial charge is 0.233 e. The molecule has 0 saturated carbocycles. The summed E-state index contributed by atoms with van der Waals surface area (Å²) in [4.78, 5) is 18.5. The van der Waals surface area contributed by atoms with Gasteiger partial charge in [-0.15, -0.1) is 0 Å². The van der Waals surface area contributed by atoms with E-state index in [0.717, 1.165) is 5.16 Å². The van der Waals surface area contributed by atoms with Crippen LogP contribution in [0, 0.1) is 5.92 Å². The van der Waals surface area contributed by atoms with Crippen molar-refractivity contribution >= 4 is 27.5 Å². The van der Waals surface area contributed by atoms with E-state index in [-0.39, 0.29) is 29.2 Å². The van der Waals surface area contributed by atoms with Gasteiger partial charge in [0.05, 0.1) is 17.3 Å². The summed E-state index contributed by atoms with van der Waals surface area (Å²) >= 11 is 1.39. The van der Waals surface area contributed by atoms with Crippen molar-refractivity contribution in [1.29, 1.82) is 0 Å². The van der Waals surface area contributed by atoms with Crippen LogP contribution < -0.4 is 0 Å². The molecule has 2 rings (SSSR count). The third-order valence-corrected chi connectivity index (χ3v) is 6.43. The maximum atomic E-state index is 12.6. The Balaban J connectivity index is 2.02. The van der Waals surface area contributed by atoms with E-state index in [1.807, 2.05) is 31.7 Å². The largest absolute Gasteiger partial charge is 0.338 e. The lowest BCUT2D eigenvalue weighted by molar-refractivity contribution is -0.130. The zero-order valence-electron chi connectivity index (χ0n) is 13.2. The molecule has 8 heteroatoms. The Bertz CT molecular complexity index is 625. The van der Waals surface area contributed by atoms with E-state index < -0.39 is 9.84 Å². The molecule has 0 N–H and O–H groups in total. The highest BCUT2D eigenvalue weighted by Crippen LogP contribution is 2.22. The van der Waals surface area contributed by atoms with Crippen LogP contribution in [0.1, 0.15) is 20.3 Å². The molecule has 0 aliphatic carbocycles. The van der Waals surface area contributed by atoms with Crippen LogP contribution in [0.3, 0.4) is 0 Å². The molecular weight excluding hydrogens is 322 g/mol. The maximum Gasteiger partial charge on any atom is 0.233 e. The van der Waals surface area contributed by atoms with Gasteiger partial charge in [0, 0.05) is 32.0 Å². The molecule has 0 radical (unpaired) electrons. The first-order valence-electron chi connectivity index (χ1n) is 7.38. The summed E-state index contributed by atoms with van der Waals surface area (Å²) in [6, 6.07) is -0.179. The molecule has 0 bridgehead atoms. The van der Waals surface area contributed by atoms with Crippen molar-refractivity contribution in [3.8, 4) is 0 Å². The Kier molecular flexibility index (Phi) is 5.55. The molecule has 22 heavy (non-hydrogen) atoms. The molecule has 124 valence electrons. The molecule has 1 aromatic heterocycles. The van der Waals surface area contributed by atoms with Gasteiger partial charge in [-0.3, -0.25) is 4.79 Å². The molecule has 0 aromatic carbocycles. The average molecular weight is 345 g/mol. The second-order valence-electron chi connectivity index (χ2n) is 6.11. The van der Waals surface area contributed by atoms with Crippen LogP contribution in [0.15, 0.2) is 17.6 Å². The van der Waals surface area contributed by atoms with Crippen molar-refractivity contribution in [1.82, 2.24) is 14.5 Å². The minimum Gasteiger partial charge on any atom is -0.338 e. The van der Waals surface area contributed by atoms with Gasteiger partial charge in [0.25, 0.3) is 0 Å². The second kappa shape index (κ2) is 7.04. The van der Waals surface area contributed by atoms with E-state index in [9.17, 15) is 13.2 Å². The maximum absolute atomic E-state index is 12.6. The summed E-state index contributed by atoms with van der Waals surface area (Å²) in [6.07, 6.45) is 4.08. The van der Waals surface area contributed by atoms with E-state index in [0.29, 0.717) is 18.9 Å². The molecule has 1 amide bonds. The first-order valence-corrected chi connectivity index (χ1v) is 10.2. The Labute approximate surface area is 136 Å². The zero-order valence-corrected chi connectivity index (χ0v) is 14.9. The molecule has 1 aliphatic rings. The van der Waals surface area contributed by atoms with Crippen LogP contribution in [0.5, 0.6) is 0 Å². The fourth-order valence-corrected chi connectivity index (χ4v) is 5.12. The SMILES string of the molecule is CC(C)CN(C(=O)CSc1nccn1C)C1CCS(=O)(=O)C1. The molecule has 1 aromatic rings. The molecule has 2 heterocycles. The van der Waals surface area contributed by atoms with Crippen molar-refractivity contribution < 1.29 is 13.2 Å². The Morgan fingerprint density at radius 1 is 1.55 bits per heavy atom. The minimum atomic E-state index is -2.99. The van der Waals surface area contributed by atoms with Crippen molar-refractivity contribution in [2.24, 2.45) is 13.0 Å². The molecular formula is C14H23N3O3S2. The number of hydrogen-bond donors (Lipinski definition) is 0. The molecule has 1 fully saturated rings. The lowest BCUT2D eigenvalue weighted by atomic mass is 10.1. The number of sulfone groups is 1. The van der Waals surface area contributed by atoms with Crippen LogP contribution >= 0.6 is 11.8 Å².